The van der Waals surface area contributed by atoms with Crippen molar-refractivity contribution in [1.82, 2.24) is 19.7 Å². The van der Waals surface area contributed by atoms with Crippen LogP contribution in [0.4, 0.5) is 0 Å². The maximum absolute atomic E-state index is 13.2. The largest absolute Gasteiger partial charge is 0.375 e. The van der Waals surface area contributed by atoms with Crippen LogP contribution in [0.5, 0.6) is 0 Å². The van der Waals surface area contributed by atoms with Gasteiger partial charge in [-0.2, -0.15) is 5.10 Å². The zero-order valence-corrected chi connectivity index (χ0v) is 15.2. The number of carbonyl (C=O) groups is 1. The Morgan fingerprint density at radius 3 is 2.88 bits per heavy atom. The van der Waals surface area contributed by atoms with Crippen molar-refractivity contribution in [3.63, 3.8) is 0 Å². The molecule has 130 valence electrons. The van der Waals surface area contributed by atoms with Gasteiger partial charge in [0.15, 0.2) is 5.65 Å². The smallest absolute Gasteiger partial charge is 0.254 e. The SMILES string of the molecule is CCC1CN(C(=O)c2cc(C(C)C)nc3c2c(C)nn3C)CCO1. The molecule has 1 saturated heterocycles. The maximum Gasteiger partial charge on any atom is 0.254 e. The van der Waals surface area contributed by atoms with Gasteiger partial charge < -0.3 is 9.64 Å². The van der Waals surface area contributed by atoms with Crippen LogP contribution in [0.15, 0.2) is 6.07 Å². The first-order valence-corrected chi connectivity index (χ1v) is 8.67. The number of ether oxygens (including phenoxy) is 1. The van der Waals surface area contributed by atoms with E-state index in [1.165, 1.54) is 0 Å². The maximum atomic E-state index is 13.2. The lowest BCUT2D eigenvalue weighted by Gasteiger charge is -2.32. The number of nitrogens with zero attached hydrogens (tertiary/aromatic N) is 4. The molecule has 2 aromatic heterocycles. The van der Waals surface area contributed by atoms with Crippen molar-refractivity contribution in [2.24, 2.45) is 7.05 Å². The van der Waals surface area contributed by atoms with Crippen LogP contribution in [-0.2, 0) is 11.8 Å². The van der Waals surface area contributed by atoms with E-state index in [2.05, 4.69) is 25.9 Å². The lowest BCUT2D eigenvalue weighted by Crippen LogP contribution is -2.45. The van der Waals surface area contributed by atoms with Gasteiger partial charge in [0.05, 0.1) is 29.4 Å². The molecule has 1 amide bonds. The van der Waals surface area contributed by atoms with E-state index in [-0.39, 0.29) is 17.9 Å². The van der Waals surface area contributed by atoms with Crippen molar-refractivity contribution >= 4 is 16.9 Å². The Kier molecular flexibility index (Phi) is 4.58. The summed E-state index contributed by atoms with van der Waals surface area (Å²) >= 11 is 0. The number of hydrogen-bond donors (Lipinski definition) is 0. The second-order valence-electron chi connectivity index (χ2n) is 6.81. The zero-order chi connectivity index (χ0) is 17.4. The van der Waals surface area contributed by atoms with Crippen LogP contribution in [-0.4, -0.2) is 51.4 Å². The standard InChI is InChI=1S/C18H26N4O2/c1-6-13-10-22(7-8-24-13)18(23)14-9-15(11(2)3)19-17-16(14)12(4)20-21(17)5/h9,11,13H,6-8,10H2,1-5H3. The first-order chi connectivity index (χ1) is 11.4. The third-order valence-corrected chi connectivity index (χ3v) is 4.69. The number of morpholine rings is 1. The Morgan fingerprint density at radius 1 is 1.46 bits per heavy atom. The molecule has 24 heavy (non-hydrogen) atoms. The Balaban J connectivity index is 2.08. The number of carbonyl (C=O) groups excluding carboxylic acids is 1. The molecule has 0 aliphatic carbocycles. The summed E-state index contributed by atoms with van der Waals surface area (Å²) in [5.74, 6) is 0.311. The van der Waals surface area contributed by atoms with Gasteiger partial charge in [0.2, 0.25) is 0 Å². The van der Waals surface area contributed by atoms with E-state index in [1.54, 1.807) is 4.68 Å². The molecular weight excluding hydrogens is 304 g/mol. The van der Waals surface area contributed by atoms with Crippen LogP contribution in [0.25, 0.3) is 11.0 Å². The van der Waals surface area contributed by atoms with Crippen molar-refractivity contribution in [3.05, 3.63) is 23.0 Å². The Morgan fingerprint density at radius 2 is 2.21 bits per heavy atom. The highest BCUT2D eigenvalue weighted by molar-refractivity contribution is 6.06. The van der Waals surface area contributed by atoms with Crippen molar-refractivity contribution in [2.75, 3.05) is 19.7 Å². The summed E-state index contributed by atoms with van der Waals surface area (Å²) in [6.07, 6.45) is 1.04. The molecule has 0 bridgehead atoms. The van der Waals surface area contributed by atoms with Crippen LogP contribution < -0.4 is 0 Å². The molecule has 0 N–H and O–H groups in total. The van der Waals surface area contributed by atoms with E-state index < -0.39 is 0 Å². The molecule has 0 aromatic carbocycles. The number of aromatic nitrogens is 3. The highest BCUT2D eigenvalue weighted by Crippen LogP contribution is 2.26. The first-order valence-electron chi connectivity index (χ1n) is 8.67. The summed E-state index contributed by atoms with van der Waals surface area (Å²) in [6, 6.07) is 1.94. The van der Waals surface area contributed by atoms with Gasteiger partial charge >= 0.3 is 0 Å². The summed E-state index contributed by atoms with van der Waals surface area (Å²) in [5, 5.41) is 5.34. The molecule has 1 aliphatic rings. The van der Waals surface area contributed by atoms with E-state index in [0.717, 1.165) is 28.8 Å². The monoisotopic (exact) mass is 330 g/mol. The van der Waals surface area contributed by atoms with Gasteiger partial charge in [-0.15, -0.1) is 0 Å². The second-order valence-corrected chi connectivity index (χ2v) is 6.81. The third-order valence-electron chi connectivity index (χ3n) is 4.69. The van der Waals surface area contributed by atoms with Crippen molar-refractivity contribution in [3.8, 4) is 0 Å². The number of fused-ring (bicyclic) bond motifs is 1. The molecular formula is C18H26N4O2. The fourth-order valence-electron chi connectivity index (χ4n) is 3.25. The van der Waals surface area contributed by atoms with Crippen molar-refractivity contribution in [2.45, 2.75) is 46.1 Å². The van der Waals surface area contributed by atoms with Gasteiger partial charge in [-0.3, -0.25) is 9.48 Å². The van der Waals surface area contributed by atoms with Gasteiger partial charge in [0.1, 0.15) is 0 Å². The number of aryl methyl sites for hydroxylation is 2. The zero-order valence-electron chi connectivity index (χ0n) is 15.2. The van der Waals surface area contributed by atoms with E-state index >= 15 is 0 Å². The fourth-order valence-corrected chi connectivity index (χ4v) is 3.25. The van der Waals surface area contributed by atoms with E-state index in [0.29, 0.717) is 25.3 Å². The Labute approximate surface area is 142 Å². The second kappa shape index (κ2) is 6.51. The van der Waals surface area contributed by atoms with E-state index in [1.807, 2.05) is 24.9 Å². The van der Waals surface area contributed by atoms with Crippen LogP contribution in [0.1, 0.15) is 54.9 Å². The van der Waals surface area contributed by atoms with E-state index in [4.69, 9.17) is 9.72 Å². The minimum absolute atomic E-state index is 0.0575. The Bertz CT molecular complexity index is 766. The molecule has 2 aromatic rings. The predicted octanol–water partition coefficient (Wildman–Crippen LogP) is 2.65. The topological polar surface area (TPSA) is 60.2 Å². The lowest BCUT2D eigenvalue weighted by atomic mass is 10.0. The molecule has 1 fully saturated rings. The molecule has 1 atom stereocenters. The van der Waals surface area contributed by atoms with Gasteiger partial charge in [0, 0.05) is 25.8 Å². The predicted molar refractivity (Wildman–Crippen MR) is 93.3 cm³/mol. The molecule has 6 nitrogen and oxygen atoms in total. The molecule has 1 unspecified atom stereocenters. The normalized spacial score (nSPS) is 18.6. The van der Waals surface area contributed by atoms with Gasteiger partial charge in [-0.05, 0) is 25.3 Å². The minimum atomic E-state index is 0.0575. The molecule has 1 aliphatic heterocycles. The molecule has 0 saturated carbocycles. The summed E-state index contributed by atoms with van der Waals surface area (Å²) < 4.78 is 7.46. The number of amides is 1. The highest BCUT2D eigenvalue weighted by atomic mass is 16.5. The van der Waals surface area contributed by atoms with Crippen LogP contribution in [0, 0.1) is 6.92 Å². The van der Waals surface area contributed by atoms with E-state index in [9.17, 15) is 4.79 Å². The molecule has 0 radical (unpaired) electrons. The van der Waals surface area contributed by atoms with Gasteiger partial charge in [-0.1, -0.05) is 20.8 Å². The van der Waals surface area contributed by atoms with Crippen LogP contribution >= 0.6 is 0 Å². The van der Waals surface area contributed by atoms with Crippen LogP contribution in [0.2, 0.25) is 0 Å². The Hall–Kier alpha value is -1.95. The first kappa shape index (κ1) is 16.9. The summed E-state index contributed by atoms with van der Waals surface area (Å²) in [5.41, 5.74) is 3.27. The van der Waals surface area contributed by atoms with Crippen molar-refractivity contribution < 1.29 is 9.53 Å². The fraction of sp³-hybridized carbons (Fsp3) is 0.611. The molecule has 3 rings (SSSR count). The average molecular weight is 330 g/mol. The summed E-state index contributed by atoms with van der Waals surface area (Å²) in [4.78, 5) is 19.8. The van der Waals surface area contributed by atoms with Crippen molar-refractivity contribution in [1.29, 1.82) is 0 Å². The molecule has 6 heteroatoms. The van der Waals surface area contributed by atoms with Crippen LogP contribution in [0.3, 0.4) is 0 Å². The molecule has 3 heterocycles. The third kappa shape index (κ3) is 2.90. The summed E-state index contributed by atoms with van der Waals surface area (Å²) in [7, 11) is 1.88. The highest BCUT2D eigenvalue weighted by Gasteiger charge is 2.27. The van der Waals surface area contributed by atoms with Gasteiger partial charge in [-0.25, -0.2) is 4.98 Å². The van der Waals surface area contributed by atoms with Gasteiger partial charge in [0.25, 0.3) is 5.91 Å². The average Bonchev–Trinajstić information content (AvgIpc) is 2.88. The molecule has 0 spiro atoms. The summed E-state index contributed by atoms with van der Waals surface area (Å²) in [6.45, 7) is 10.1. The minimum Gasteiger partial charge on any atom is -0.375 e. The lowest BCUT2D eigenvalue weighted by molar-refractivity contribution is -0.0225. The quantitative estimate of drug-likeness (QED) is 0.868. The number of rotatable bonds is 3. The number of pyridine rings is 1. The number of hydrogen-bond acceptors (Lipinski definition) is 4.